The van der Waals surface area contributed by atoms with Gasteiger partial charge in [-0.3, -0.25) is 5.10 Å². The molecule has 14 heavy (non-hydrogen) atoms. The normalized spacial score (nSPS) is 15.1. The van der Waals surface area contributed by atoms with Crippen LogP contribution in [0.15, 0.2) is 12.6 Å². The third kappa shape index (κ3) is 2.06. The third-order valence-electron chi connectivity index (χ3n) is 3.04. The van der Waals surface area contributed by atoms with Crippen LogP contribution in [-0.4, -0.2) is 10.2 Å². The van der Waals surface area contributed by atoms with E-state index in [1.54, 1.807) is 6.08 Å². The van der Waals surface area contributed by atoms with Gasteiger partial charge in [0.1, 0.15) is 0 Å². The summed E-state index contributed by atoms with van der Waals surface area (Å²) in [5, 5.41) is 7.30. The van der Waals surface area contributed by atoms with Crippen LogP contribution >= 0.6 is 0 Å². The van der Waals surface area contributed by atoms with Gasteiger partial charge in [-0.1, -0.05) is 33.8 Å². The molecule has 0 aliphatic carbocycles. The van der Waals surface area contributed by atoms with Gasteiger partial charge < -0.3 is 0 Å². The fourth-order valence-electron chi connectivity index (χ4n) is 1.80. The van der Waals surface area contributed by atoms with E-state index >= 15 is 0 Å². The summed E-state index contributed by atoms with van der Waals surface area (Å²) in [5.74, 6) is 0. The number of rotatable bonds is 5. The highest BCUT2D eigenvalue weighted by Gasteiger charge is 2.25. The zero-order valence-corrected chi connectivity index (χ0v) is 9.43. The highest BCUT2D eigenvalue weighted by molar-refractivity contribution is 5.42. The lowest BCUT2D eigenvalue weighted by molar-refractivity contribution is 0.402. The van der Waals surface area contributed by atoms with Gasteiger partial charge in [0, 0.05) is 11.1 Å². The second kappa shape index (κ2) is 4.45. The van der Waals surface area contributed by atoms with Gasteiger partial charge in [-0.2, -0.15) is 5.10 Å². The van der Waals surface area contributed by atoms with Crippen molar-refractivity contribution in [3.05, 3.63) is 24.0 Å². The van der Waals surface area contributed by atoms with Gasteiger partial charge in [0.25, 0.3) is 0 Å². The predicted molar refractivity (Wildman–Crippen MR) is 61.2 cm³/mol. The molecule has 0 saturated heterocycles. The minimum Gasteiger partial charge on any atom is -0.281 e. The Kier molecular flexibility index (Phi) is 3.50. The Labute approximate surface area is 86.4 Å². The van der Waals surface area contributed by atoms with E-state index in [0.29, 0.717) is 0 Å². The number of hydrogen-bond donors (Lipinski definition) is 1. The van der Waals surface area contributed by atoms with E-state index in [2.05, 4.69) is 43.6 Å². The lowest BCUT2D eigenvalue weighted by atomic mass is 9.80. The van der Waals surface area contributed by atoms with Crippen LogP contribution in [0.4, 0.5) is 0 Å². The van der Waals surface area contributed by atoms with E-state index in [0.717, 1.165) is 12.1 Å². The Morgan fingerprint density at radius 2 is 2.29 bits per heavy atom. The molecule has 0 spiro atoms. The Hall–Kier alpha value is -1.05. The number of H-pyrrole nitrogens is 1. The van der Waals surface area contributed by atoms with Gasteiger partial charge in [0.2, 0.25) is 0 Å². The maximum Gasteiger partial charge on any atom is 0.0845 e. The zero-order chi connectivity index (χ0) is 10.6. The molecule has 0 aliphatic rings. The average molecular weight is 192 g/mol. The Balaban J connectivity index is 2.93. The standard InChI is InChI=1S/C12H20N2/c1-5-8-12(4,7-3)11-9-10(6-2)13-14-11/h6,9H,2,5,7-8H2,1,3-4H3,(H,13,14). The van der Waals surface area contributed by atoms with Crippen LogP contribution in [0.5, 0.6) is 0 Å². The van der Waals surface area contributed by atoms with Gasteiger partial charge in [-0.15, -0.1) is 0 Å². The molecule has 1 rings (SSSR count). The van der Waals surface area contributed by atoms with Crippen LogP contribution < -0.4 is 0 Å². The smallest absolute Gasteiger partial charge is 0.0845 e. The van der Waals surface area contributed by atoms with Crippen molar-refractivity contribution in [3.8, 4) is 0 Å². The second-order valence-corrected chi connectivity index (χ2v) is 4.07. The highest BCUT2D eigenvalue weighted by Crippen LogP contribution is 2.31. The second-order valence-electron chi connectivity index (χ2n) is 4.07. The molecule has 0 bridgehead atoms. The first kappa shape index (κ1) is 11.0. The number of nitrogens with zero attached hydrogens (tertiary/aromatic N) is 1. The number of aromatic nitrogens is 2. The summed E-state index contributed by atoms with van der Waals surface area (Å²) in [4.78, 5) is 0. The molecule has 0 aromatic carbocycles. The van der Waals surface area contributed by atoms with Crippen molar-refractivity contribution >= 4 is 6.08 Å². The molecule has 0 aliphatic heterocycles. The van der Waals surface area contributed by atoms with Crippen molar-refractivity contribution in [2.24, 2.45) is 0 Å². The zero-order valence-electron chi connectivity index (χ0n) is 9.43. The van der Waals surface area contributed by atoms with Crippen molar-refractivity contribution in [1.29, 1.82) is 0 Å². The first-order valence-corrected chi connectivity index (χ1v) is 5.34. The van der Waals surface area contributed by atoms with Crippen LogP contribution in [0.1, 0.15) is 51.4 Å². The minimum absolute atomic E-state index is 0.239. The summed E-state index contributed by atoms with van der Waals surface area (Å²) in [6.45, 7) is 10.5. The van der Waals surface area contributed by atoms with E-state index < -0.39 is 0 Å². The summed E-state index contributed by atoms with van der Waals surface area (Å²) in [7, 11) is 0. The molecule has 1 N–H and O–H groups in total. The first-order valence-electron chi connectivity index (χ1n) is 5.34. The number of hydrogen-bond acceptors (Lipinski definition) is 1. The lowest BCUT2D eigenvalue weighted by Crippen LogP contribution is -2.20. The molecular weight excluding hydrogens is 172 g/mol. The molecule has 0 radical (unpaired) electrons. The van der Waals surface area contributed by atoms with E-state index in [9.17, 15) is 0 Å². The molecule has 0 saturated carbocycles. The van der Waals surface area contributed by atoms with Crippen LogP contribution in [0, 0.1) is 0 Å². The predicted octanol–water partition coefficient (Wildman–Crippen LogP) is 3.52. The largest absolute Gasteiger partial charge is 0.281 e. The maximum absolute atomic E-state index is 4.19. The number of aromatic amines is 1. The maximum atomic E-state index is 4.19. The fourth-order valence-corrected chi connectivity index (χ4v) is 1.80. The Morgan fingerprint density at radius 3 is 2.71 bits per heavy atom. The fraction of sp³-hybridized carbons (Fsp3) is 0.583. The van der Waals surface area contributed by atoms with Crippen LogP contribution in [0.25, 0.3) is 6.08 Å². The molecule has 78 valence electrons. The molecule has 1 aromatic heterocycles. The Bertz CT molecular complexity index is 301. The van der Waals surface area contributed by atoms with Gasteiger partial charge in [-0.05, 0) is 25.0 Å². The average Bonchev–Trinajstić information content (AvgIpc) is 2.66. The highest BCUT2D eigenvalue weighted by atomic mass is 15.1. The topological polar surface area (TPSA) is 28.7 Å². The molecule has 2 heteroatoms. The van der Waals surface area contributed by atoms with Crippen LogP contribution in [0.2, 0.25) is 0 Å². The summed E-state index contributed by atoms with van der Waals surface area (Å²) in [5.41, 5.74) is 2.41. The van der Waals surface area contributed by atoms with E-state index in [4.69, 9.17) is 0 Å². The van der Waals surface area contributed by atoms with Crippen molar-refractivity contribution in [1.82, 2.24) is 10.2 Å². The van der Waals surface area contributed by atoms with E-state index in [1.165, 1.54) is 18.5 Å². The summed E-state index contributed by atoms with van der Waals surface area (Å²) in [6.07, 6.45) is 5.32. The summed E-state index contributed by atoms with van der Waals surface area (Å²) < 4.78 is 0. The van der Waals surface area contributed by atoms with Crippen LogP contribution in [0.3, 0.4) is 0 Å². The van der Waals surface area contributed by atoms with Gasteiger partial charge in [0.15, 0.2) is 0 Å². The molecular formula is C12H20N2. The van der Waals surface area contributed by atoms with E-state index in [-0.39, 0.29) is 5.41 Å². The molecule has 1 unspecified atom stereocenters. The molecule has 1 aromatic rings. The van der Waals surface area contributed by atoms with Crippen molar-refractivity contribution < 1.29 is 0 Å². The monoisotopic (exact) mass is 192 g/mol. The first-order chi connectivity index (χ1) is 6.66. The molecule has 1 heterocycles. The van der Waals surface area contributed by atoms with E-state index in [1.807, 2.05) is 0 Å². The minimum atomic E-state index is 0.239. The quantitative estimate of drug-likeness (QED) is 0.759. The third-order valence-corrected chi connectivity index (χ3v) is 3.04. The molecule has 1 atom stereocenters. The van der Waals surface area contributed by atoms with Gasteiger partial charge in [0.05, 0.1) is 5.69 Å². The van der Waals surface area contributed by atoms with Crippen LogP contribution in [-0.2, 0) is 5.41 Å². The molecule has 0 amide bonds. The van der Waals surface area contributed by atoms with Crippen molar-refractivity contribution in [3.63, 3.8) is 0 Å². The number of nitrogens with one attached hydrogen (secondary N) is 1. The van der Waals surface area contributed by atoms with Crippen molar-refractivity contribution in [2.45, 2.75) is 45.4 Å². The summed E-state index contributed by atoms with van der Waals surface area (Å²) >= 11 is 0. The SMILES string of the molecule is C=Cc1cc(C(C)(CC)CCC)[nH]n1. The summed E-state index contributed by atoms with van der Waals surface area (Å²) in [6, 6.07) is 2.10. The lowest BCUT2D eigenvalue weighted by Gasteiger charge is -2.26. The molecule has 0 fully saturated rings. The molecule has 2 nitrogen and oxygen atoms in total. The Morgan fingerprint density at radius 1 is 1.57 bits per heavy atom. The van der Waals surface area contributed by atoms with Crippen molar-refractivity contribution in [2.75, 3.05) is 0 Å². The van der Waals surface area contributed by atoms with Gasteiger partial charge >= 0.3 is 0 Å². The van der Waals surface area contributed by atoms with Gasteiger partial charge in [-0.25, -0.2) is 0 Å².